The van der Waals surface area contributed by atoms with Crippen LogP contribution in [0.15, 0.2) is 30.3 Å². The molecule has 1 fully saturated rings. The second-order valence-corrected chi connectivity index (χ2v) is 7.33. The average molecular weight is 387 g/mol. The molecule has 0 unspecified atom stereocenters. The predicted molar refractivity (Wildman–Crippen MR) is 107 cm³/mol. The van der Waals surface area contributed by atoms with Gasteiger partial charge in [0.15, 0.2) is 0 Å². The first-order valence-electron chi connectivity index (χ1n) is 9.27. The van der Waals surface area contributed by atoms with Gasteiger partial charge in [0.25, 0.3) is 0 Å². The second kappa shape index (κ2) is 7.64. The van der Waals surface area contributed by atoms with Crippen LogP contribution in [0.4, 0.5) is 16.2 Å². The minimum atomic E-state index is -0.112. The molecule has 1 N–H and O–H groups in total. The van der Waals surface area contributed by atoms with Crippen molar-refractivity contribution >= 4 is 29.0 Å². The molecule has 0 atom stereocenters. The number of nitrogens with one attached hydrogen (secondary N) is 1. The van der Waals surface area contributed by atoms with Gasteiger partial charge in [-0.15, -0.1) is 0 Å². The average Bonchev–Trinajstić information content (AvgIpc) is 3.14. The summed E-state index contributed by atoms with van der Waals surface area (Å²) >= 11 is 6.08. The van der Waals surface area contributed by atoms with E-state index in [1.54, 1.807) is 7.11 Å². The van der Waals surface area contributed by atoms with E-state index in [1.807, 2.05) is 35.2 Å². The third-order valence-electron chi connectivity index (χ3n) is 5.19. The normalized spacial score (nSPS) is 16.2. The minimum Gasteiger partial charge on any atom is -0.480 e. The van der Waals surface area contributed by atoms with Gasteiger partial charge in [-0.2, -0.15) is 0 Å². The van der Waals surface area contributed by atoms with E-state index in [-0.39, 0.29) is 6.03 Å². The number of hydrogen-bond acceptors (Lipinski definition) is 4. The molecule has 0 spiro atoms. The summed E-state index contributed by atoms with van der Waals surface area (Å²) in [6.07, 6.45) is 3.09. The maximum Gasteiger partial charge on any atom is 0.322 e. The predicted octanol–water partition coefficient (Wildman–Crippen LogP) is 3.59. The maximum atomic E-state index is 12.7. The van der Waals surface area contributed by atoms with Gasteiger partial charge in [0, 0.05) is 42.6 Å². The maximum absolute atomic E-state index is 12.7. The van der Waals surface area contributed by atoms with Crippen molar-refractivity contribution in [3.05, 3.63) is 46.6 Å². The highest BCUT2D eigenvalue weighted by molar-refractivity contribution is 6.30. The lowest BCUT2D eigenvalue weighted by Gasteiger charge is -2.36. The number of urea groups is 1. The monoisotopic (exact) mass is 386 g/mol. The molecular formula is C20H23ClN4O2. The van der Waals surface area contributed by atoms with E-state index in [1.165, 1.54) is 5.56 Å². The Morgan fingerprint density at radius 1 is 1.19 bits per heavy atom. The molecule has 1 aromatic heterocycles. The minimum absolute atomic E-state index is 0.112. The molecule has 2 aliphatic rings. The summed E-state index contributed by atoms with van der Waals surface area (Å²) in [4.78, 5) is 21.3. The van der Waals surface area contributed by atoms with Gasteiger partial charge in [-0.3, -0.25) is 0 Å². The molecule has 2 heterocycles. The number of carbonyl (C=O) groups excluding carboxylic acids is 1. The first-order valence-corrected chi connectivity index (χ1v) is 9.65. The number of methoxy groups -OCH3 is 1. The number of piperazine rings is 1. The molecule has 7 heteroatoms. The standard InChI is InChI=1S/C20H23ClN4O2/c1-27-19-18(12-14-4-2-7-17(14)22-19)23-20(26)25-10-8-24(9-11-25)16-6-3-5-15(21)13-16/h3,5-6,12-13H,2,4,7-11H2,1H3,(H,23,26). The van der Waals surface area contributed by atoms with E-state index >= 15 is 0 Å². The van der Waals surface area contributed by atoms with Crippen molar-refractivity contribution in [2.45, 2.75) is 19.3 Å². The van der Waals surface area contributed by atoms with Gasteiger partial charge in [0.05, 0.1) is 7.11 Å². The van der Waals surface area contributed by atoms with Gasteiger partial charge < -0.3 is 19.9 Å². The topological polar surface area (TPSA) is 57.7 Å². The van der Waals surface area contributed by atoms with Crippen molar-refractivity contribution in [1.29, 1.82) is 0 Å². The number of halogens is 1. The Labute approximate surface area is 164 Å². The smallest absolute Gasteiger partial charge is 0.322 e. The van der Waals surface area contributed by atoms with Gasteiger partial charge in [-0.25, -0.2) is 9.78 Å². The van der Waals surface area contributed by atoms with E-state index in [9.17, 15) is 4.79 Å². The Morgan fingerprint density at radius 3 is 2.74 bits per heavy atom. The molecular weight excluding hydrogens is 364 g/mol. The molecule has 2 amide bonds. The number of amides is 2. The molecule has 27 heavy (non-hydrogen) atoms. The highest BCUT2D eigenvalue weighted by Gasteiger charge is 2.24. The summed E-state index contributed by atoms with van der Waals surface area (Å²) in [7, 11) is 1.59. The summed E-state index contributed by atoms with van der Waals surface area (Å²) in [5, 5.41) is 3.71. The van der Waals surface area contributed by atoms with Crippen LogP contribution in [0.1, 0.15) is 17.7 Å². The van der Waals surface area contributed by atoms with Crippen molar-refractivity contribution in [2.75, 3.05) is 43.5 Å². The number of aryl methyl sites for hydroxylation is 2. The van der Waals surface area contributed by atoms with Crippen LogP contribution in [0.2, 0.25) is 5.02 Å². The molecule has 1 aliphatic heterocycles. The van der Waals surface area contributed by atoms with E-state index in [0.717, 1.165) is 48.8 Å². The van der Waals surface area contributed by atoms with Crippen LogP contribution in [0.5, 0.6) is 5.88 Å². The molecule has 1 aliphatic carbocycles. The summed E-state index contributed by atoms with van der Waals surface area (Å²) in [5.41, 5.74) is 4.03. The number of pyridine rings is 1. The van der Waals surface area contributed by atoms with Crippen molar-refractivity contribution < 1.29 is 9.53 Å². The van der Waals surface area contributed by atoms with Crippen molar-refractivity contribution in [1.82, 2.24) is 9.88 Å². The van der Waals surface area contributed by atoms with Gasteiger partial charge >= 0.3 is 6.03 Å². The van der Waals surface area contributed by atoms with Crippen LogP contribution < -0.4 is 15.0 Å². The number of nitrogens with zero attached hydrogens (tertiary/aromatic N) is 3. The number of carbonyl (C=O) groups is 1. The quantitative estimate of drug-likeness (QED) is 0.875. The number of fused-ring (bicyclic) bond motifs is 1. The van der Waals surface area contributed by atoms with Gasteiger partial charge in [0.2, 0.25) is 5.88 Å². The number of aromatic nitrogens is 1. The number of anilines is 2. The third kappa shape index (κ3) is 3.81. The van der Waals surface area contributed by atoms with Crippen LogP contribution in [0, 0.1) is 0 Å². The summed E-state index contributed by atoms with van der Waals surface area (Å²) < 4.78 is 5.38. The van der Waals surface area contributed by atoms with Gasteiger partial charge in [0.1, 0.15) is 5.69 Å². The lowest BCUT2D eigenvalue weighted by Crippen LogP contribution is -2.50. The van der Waals surface area contributed by atoms with E-state index in [2.05, 4.69) is 15.2 Å². The van der Waals surface area contributed by atoms with Gasteiger partial charge in [-0.05, 0) is 49.1 Å². The largest absolute Gasteiger partial charge is 0.480 e. The Hall–Kier alpha value is -2.47. The SMILES string of the molecule is COc1nc2c(cc1NC(=O)N1CCN(c3cccc(Cl)c3)CC1)CCC2. The zero-order chi connectivity index (χ0) is 18.8. The first kappa shape index (κ1) is 17.9. The fourth-order valence-corrected chi connectivity index (χ4v) is 3.92. The van der Waals surface area contributed by atoms with Crippen molar-refractivity contribution in [3.63, 3.8) is 0 Å². The molecule has 1 aromatic carbocycles. The molecule has 0 bridgehead atoms. The van der Waals surface area contributed by atoms with E-state index in [4.69, 9.17) is 16.3 Å². The van der Waals surface area contributed by atoms with Crippen molar-refractivity contribution in [2.24, 2.45) is 0 Å². The zero-order valence-electron chi connectivity index (χ0n) is 15.4. The summed E-state index contributed by atoms with van der Waals surface area (Å²) in [6, 6.07) is 9.71. The number of rotatable bonds is 3. The molecule has 142 valence electrons. The van der Waals surface area contributed by atoms with Gasteiger partial charge in [-0.1, -0.05) is 17.7 Å². The number of ether oxygens (including phenoxy) is 1. The highest BCUT2D eigenvalue weighted by atomic mass is 35.5. The van der Waals surface area contributed by atoms with Crippen LogP contribution in [0.3, 0.4) is 0 Å². The molecule has 6 nitrogen and oxygen atoms in total. The van der Waals surface area contributed by atoms with E-state index in [0.29, 0.717) is 24.7 Å². The van der Waals surface area contributed by atoms with Crippen LogP contribution >= 0.6 is 11.6 Å². The Morgan fingerprint density at radius 2 is 2.00 bits per heavy atom. The molecule has 0 radical (unpaired) electrons. The number of hydrogen-bond donors (Lipinski definition) is 1. The van der Waals surface area contributed by atoms with Crippen LogP contribution in [-0.2, 0) is 12.8 Å². The third-order valence-corrected chi connectivity index (χ3v) is 5.43. The molecule has 4 rings (SSSR count). The molecule has 2 aromatic rings. The summed E-state index contributed by atoms with van der Waals surface area (Å²) in [5.74, 6) is 0.488. The van der Waals surface area contributed by atoms with Crippen LogP contribution in [0.25, 0.3) is 0 Å². The number of benzene rings is 1. The first-order chi connectivity index (χ1) is 13.1. The van der Waals surface area contributed by atoms with Crippen molar-refractivity contribution in [3.8, 4) is 5.88 Å². The fourth-order valence-electron chi connectivity index (χ4n) is 3.73. The fraction of sp³-hybridized carbons (Fsp3) is 0.400. The lowest BCUT2D eigenvalue weighted by atomic mass is 10.2. The second-order valence-electron chi connectivity index (χ2n) is 6.89. The Kier molecular flexibility index (Phi) is 5.07. The highest BCUT2D eigenvalue weighted by Crippen LogP contribution is 2.30. The Balaban J connectivity index is 1.40. The van der Waals surface area contributed by atoms with Crippen LogP contribution in [-0.4, -0.2) is 49.2 Å². The van der Waals surface area contributed by atoms with E-state index < -0.39 is 0 Å². The zero-order valence-corrected chi connectivity index (χ0v) is 16.1. The lowest BCUT2D eigenvalue weighted by molar-refractivity contribution is 0.208. The molecule has 1 saturated heterocycles. The molecule has 0 saturated carbocycles. The summed E-state index contributed by atoms with van der Waals surface area (Å²) in [6.45, 7) is 2.85. The Bertz CT molecular complexity index is 850.